The molecule has 9 heteroatoms. The van der Waals surface area contributed by atoms with Crippen molar-refractivity contribution in [3.8, 4) is 5.75 Å². The Labute approximate surface area is 214 Å². The molecule has 5 nitrogen and oxygen atoms in total. The Morgan fingerprint density at radius 3 is 2.15 bits per heavy atom. The van der Waals surface area contributed by atoms with Gasteiger partial charge in [-0.25, -0.2) is 4.79 Å². The normalized spacial score (nSPS) is 14.7. The van der Waals surface area contributed by atoms with E-state index in [9.17, 15) is 9.59 Å². The zero-order valence-corrected chi connectivity index (χ0v) is 20.8. The topological polar surface area (TPSA) is 58.6 Å². The number of hydrogen-bond donors (Lipinski definition) is 1. The van der Waals surface area contributed by atoms with Crippen LogP contribution in [0.15, 0.2) is 70.8 Å². The minimum Gasteiger partial charge on any atom is -0.486 e. The Morgan fingerprint density at radius 1 is 0.909 bits per heavy atom. The summed E-state index contributed by atoms with van der Waals surface area (Å²) < 4.78 is 6.77. The number of ether oxygens (including phenoxy) is 1. The predicted octanol–water partition coefficient (Wildman–Crippen LogP) is 7.08. The minimum atomic E-state index is -0.507. The zero-order valence-electron chi connectivity index (χ0n) is 16.9. The van der Waals surface area contributed by atoms with Crippen molar-refractivity contribution in [2.45, 2.75) is 13.2 Å². The molecule has 0 unspecified atom stereocenters. The van der Waals surface area contributed by atoms with Gasteiger partial charge in [0, 0.05) is 9.50 Å². The van der Waals surface area contributed by atoms with Gasteiger partial charge in [0.15, 0.2) is 5.75 Å². The first kappa shape index (κ1) is 23.6. The maximum atomic E-state index is 12.8. The predicted molar refractivity (Wildman–Crippen MR) is 133 cm³/mol. The highest BCUT2D eigenvalue weighted by Gasteiger charge is 2.33. The van der Waals surface area contributed by atoms with Crippen LogP contribution in [0.5, 0.6) is 5.75 Å². The summed E-state index contributed by atoms with van der Waals surface area (Å²) in [7, 11) is 0. The molecule has 1 N–H and O–H groups in total. The molecular formula is C24H16BrCl3N2O3. The fraction of sp³-hybridized carbons (Fsp3) is 0.0833. The molecule has 1 aliphatic rings. The molecule has 0 bridgehead atoms. The van der Waals surface area contributed by atoms with Crippen molar-refractivity contribution in [1.82, 2.24) is 10.2 Å². The van der Waals surface area contributed by atoms with Crippen molar-refractivity contribution in [1.29, 1.82) is 0 Å². The fourth-order valence-corrected chi connectivity index (χ4v) is 4.19. The molecule has 3 aromatic rings. The van der Waals surface area contributed by atoms with Crippen molar-refractivity contribution in [2.75, 3.05) is 0 Å². The van der Waals surface area contributed by atoms with Crippen LogP contribution < -0.4 is 10.1 Å². The van der Waals surface area contributed by atoms with Gasteiger partial charge in [0.25, 0.3) is 5.91 Å². The number of amides is 3. The Bertz CT molecular complexity index is 1220. The molecule has 168 valence electrons. The third kappa shape index (κ3) is 5.71. The second-order valence-corrected chi connectivity index (χ2v) is 9.40. The van der Waals surface area contributed by atoms with Crippen LogP contribution in [0.1, 0.15) is 16.7 Å². The summed E-state index contributed by atoms with van der Waals surface area (Å²) in [5, 5.41) is 3.75. The number of carbonyl (C=O) groups excluding carboxylic acids is 2. The molecule has 0 spiro atoms. The van der Waals surface area contributed by atoms with Gasteiger partial charge in [-0.2, -0.15) is 0 Å². The molecule has 3 aromatic carbocycles. The standard InChI is InChI=1S/C24H16BrCl3N2O3/c25-17-5-1-15(2-6-17)13-33-22-19(27)9-16(10-20(22)28)11-21-23(31)30(24(32)29-21)12-14-3-7-18(26)8-4-14/h1-11H,12-13H2,(H,29,32)/b21-11-. The lowest BCUT2D eigenvalue weighted by Crippen LogP contribution is -2.30. The molecule has 1 saturated heterocycles. The Balaban J connectivity index is 1.49. The van der Waals surface area contributed by atoms with Crippen molar-refractivity contribution >= 4 is 68.7 Å². The van der Waals surface area contributed by atoms with Gasteiger partial charge in [-0.05, 0) is 59.2 Å². The fourth-order valence-electron chi connectivity index (χ4n) is 3.19. The van der Waals surface area contributed by atoms with Crippen LogP contribution in [-0.4, -0.2) is 16.8 Å². The smallest absolute Gasteiger partial charge is 0.329 e. The summed E-state index contributed by atoms with van der Waals surface area (Å²) >= 11 is 22.1. The average Bonchev–Trinajstić information content (AvgIpc) is 3.03. The summed E-state index contributed by atoms with van der Waals surface area (Å²) in [6, 6.07) is 17.4. The Kier molecular flexibility index (Phi) is 7.29. The maximum Gasteiger partial charge on any atom is 0.329 e. The van der Waals surface area contributed by atoms with Gasteiger partial charge in [-0.15, -0.1) is 0 Å². The highest BCUT2D eigenvalue weighted by atomic mass is 79.9. The summed E-state index contributed by atoms with van der Waals surface area (Å²) in [6.45, 7) is 0.422. The monoisotopic (exact) mass is 564 g/mol. The van der Waals surface area contributed by atoms with Crippen LogP contribution in [0.4, 0.5) is 4.79 Å². The van der Waals surface area contributed by atoms with Gasteiger partial charge in [-0.3, -0.25) is 9.69 Å². The maximum absolute atomic E-state index is 12.8. The lowest BCUT2D eigenvalue weighted by atomic mass is 10.1. The number of nitrogens with one attached hydrogen (secondary N) is 1. The summed E-state index contributed by atoms with van der Waals surface area (Å²) in [6.07, 6.45) is 1.53. The zero-order chi connectivity index (χ0) is 23.5. The van der Waals surface area contributed by atoms with E-state index in [4.69, 9.17) is 39.5 Å². The van der Waals surface area contributed by atoms with Crippen molar-refractivity contribution in [2.24, 2.45) is 0 Å². The Morgan fingerprint density at radius 2 is 1.52 bits per heavy atom. The Hall–Kier alpha value is -2.51. The number of benzene rings is 3. The highest BCUT2D eigenvalue weighted by Crippen LogP contribution is 2.35. The van der Waals surface area contributed by atoms with Gasteiger partial charge >= 0.3 is 6.03 Å². The van der Waals surface area contributed by atoms with E-state index in [2.05, 4.69) is 21.2 Å². The number of urea groups is 1. The van der Waals surface area contributed by atoms with E-state index in [-0.39, 0.29) is 12.2 Å². The summed E-state index contributed by atoms with van der Waals surface area (Å²) in [4.78, 5) is 26.2. The van der Waals surface area contributed by atoms with Crippen molar-refractivity contribution in [3.63, 3.8) is 0 Å². The number of halogens is 4. The summed E-state index contributed by atoms with van der Waals surface area (Å²) in [5.74, 6) is -0.104. The second kappa shape index (κ2) is 10.2. The quantitative estimate of drug-likeness (QED) is 0.256. The van der Waals surface area contributed by atoms with Gasteiger partial charge in [0.05, 0.1) is 16.6 Å². The number of carbonyl (C=O) groups is 2. The molecule has 4 rings (SSSR count). The third-order valence-corrected chi connectivity index (χ3v) is 6.19. The lowest BCUT2D eigenvalue weighted by Gasteiger charge is -2.12. The van der Waals surface area contributed by atoms with E-state index in [1.807, 2.05) is 24.3 Å². The van der Waals surface area contributed by atoms with Gasteiger partial charge in [0.1, 0.15) is 12.3 Å². The highest BCUT2D eigenvalue weighted by molar-refractivity contribution is 9.10. The van der Waals surface area contributed by atoms with Gasteiger partial charge in [-0.1, -0.05) is 75.0 Å². The van der Waals surface area contributed by atoms with E-state index in [1.54, 1.807) is 36.4 Å². The molecular weight excluding hydrogens is 551 g/mol. The SMILES string of the molecule is O=C1N/C(=C\c2cc(Cl)c(OCc3ccc(Br)cc3)c(Cl)c2)C(=O)N1Cc1ccc(Cl)cc1. The number of hydrogen-bond acceptors (Lipinski definition) is 3. The number of nitrogens with zero attached hydrogens (tertiary/aromatic N) is 1. The molecule has 1 aliphatic heterocycles. The first-order chi connectivity index (χ1) is 15.8. The largest absolute Gasteiger partial charge is 0.486 e. The van der Waals surface area contributed by atoms with Crippen LogP contribution in [0.2, 0.25) is 15.1 Å². The van der Waals surface area contributed by atoms with Crippen LogP contribution in [0.25, 0.3) is 6.08 Å². The average molecular weight is 567 g/mol. The second-order valence-electron chi connectivity index (χ2n) is 7.23. The number of rotatable bonds is 6. The molecule has 1 heterocycles. The molecule has 0 radical (unpaired) electrons. The lowest BCUT2D eigenvalue weighted by molar-refractivity contribution is -0.123. The minimum absolute atomic E-state index is 0.128. The van der Waals surface area contributed by atoms with Crippen molar-refractivity contribution in [3.05, 3.63) is 103 Å². The van der Waals surface area contributed by atoms with Crippen LogP contribution in [-0.2, 0) is 17.9 Å². The van der Waals surface area contributed by atoms with Crippen LogP contribution in [0.3, 0.4) is 0 Å². The number of imide groups is 1. The third-order valence-electron chi connectivity index (χ3n) is 4.84. The van der Waals surface area contributed by atoms with Crippen molar-refractivity contribution < 1.29 is 14.3 Å². The van der Waals surface area contributed by atoms with Gasteiger partial charge in [0.2, 0.25) is 0 Å². The van der Waals surface area contributed by atoms with E-state index >= 15 is 0 Å². The van der Waals surface area contributed by atoms with E-state index < -0.39 is 11.9 Å². The molecule has 33 heavy (non-hydrogen) atoms. The molecule has 1 fully saturated rings. The molecule has 0 saturated carbocycles. The first-order valence-corrected chi connectivity index (χ1v) is 11.7. The van der Waals surface area contributed by atoms with Crippen LogP contribution >= 0.6 is 50.7 Å². The first-order valence-electron chi connectivity index (χ1n) is 9.75. The van der Waals surface area contributed by atoms with E-state index in [0.717, 1.165) is 20.5 Å². The molecule has 0 aromatic heterocycles. The van der Waals surface area contributed by atoms with Gasteiger partial charge < -0.3 is 10.1 Å². The molecule has 3 amide bonds. The van der Waals surface area contributed by atoms with Crippen LogP contribution in [0, 0.1) is 0 Å². The summed E-state index contributed by atoms with van der Waals surface area (Å²) in [5.41, 5.74) is 2.42. The molecule has 0 atom stereocenters. The van der Waals surface area contributed by atoms with E-state index in [0.29, 0.717) is 33.0 Å². The molecule has 0 aliphatic carbocycles. The van der Waals surface area contributed by atoms with E-state index in [1.165, 1.54) is 6.08 Å².